The molecule has 0 spiro atoms. The number of benzene rings is 1. The van der Waals surface area contributed by atoms with Crippen LogP contribution >= 0.6 is 0 Å². The van der Waals surface area contributed by atoms with Gasteiger partial charge < -0.3 is 15.4 Å². The number of aromatic nitrogens is 4. The third-order valence-electron chi connectivity index (χ3n) is 5.60. The Morgan fingerprint density at radius 2 is 2.16 bits per heavy atom. The van der Waals surface area contributed by atoms with Crippen molar-refractivity contribution in [2.75, 3.05) is 18.4 Å². The average molecular weight is 423 g/mol. The number of nitrogens with zero attached hydrogens (tertiary/aromatic N) is 4. The standard InChI is InChI=1S/C23H30N6O2/c1-4-20(30)18-10-6-5-8-16(18)12-25-22-28-23(31-17-9-7-11-24-13-17)27-21-19(15(2)3)14-26-29(21)22/h5-6,8,10,14-15,17,24H,4,7,9,11-13H2,1-3H3,(H,25,27,28)/t17-/m1/s1. The maximum atomic E-state index is 12.3. The molecule has 1 atom stereocenters. The first-order chi connectivity index (χ1) is 15.1. The van der Waals surface area contributed by atoms with Crippen LogP contribution in [0.3, 0.4) is 0 Å². The van der Waals surface area contributed by atoms with Gasteiger partial charge in [-0.2, -0.15) is 19.6 Å². The predicted molar refractivity (Wildman–Crippen MR) is 120 cm³/mol. The van der Waals surface area contributed by atoms with E-state index in [1.807, 2.05) is 37.4 Å². The number of ketones is 1. The largest absolute Gasteiger partial charge is 0.459 e. The lowest BCUT2D eigenvalue weighted by atomic mass is 10.0. The molecule has 0 radical (unpaired) electrons. The van der Waals surface area contributed by atoms with Crippen molar-refractivity contribution in [2.24, 2.45) is 0 Å². The number of piperidine rings is 1. The van der Waals surface area contributed by atoms with Gasteiger partial charge in [0.1, 0.15) is 6.10 Å². The summed E-state index contributed by atoms with van der Waals surface area (Å²) in [6.07, 6.45) is 4.41. The van der Waals surface area contributed by atoms with Gasteiger partial charge in [0, 0.05) is 30.6 Å². The highest BCUT2D eigenvalue weighted by Crippen LogP contribution is 2.24. The van der Waals surface area contributed by atoms with Crippen molar-refractivity contribution in [1.29, 1.82) is 0 Å². The molecule has 2 aromatic heterocycles. The highest BCUT2D eigenvalue weighted by Gasteiger charge is 2.20. The van der Waals surface area contributed by atoms with E-state index in [1.165, 1.54) is 0 Å². The Labute approximate surface area is 182 Å². The van der Waals surface area contributed by atoms with Crippen LogP contribution in [-0.2, 0) is 6.54 Å². The minimum absolute atomic E-state index is 0.0531. The SMILES string of the molecule is CCC(=O)c1ccccc1CNc1nc(O[C@@H]2CCCNC2)nc2c(C(C)C)cnn12. The molecule has 3 aromatic rings. The Balaban J connectivity index is 1.65. The number of rotatable bonds is 8. The summed E-state index contributed by atoms with van der Waals surface area (Å²) in [6.45, 7) is 8.37. The summed E-state index contributed by atoms with van der Waals surface area (Å²) >= 11 is 0. The molecule has 0 aliphatic carbocycles. The zero-order chi connectivity index (χ0) is 21.8. The fourth-order valence-corrected chi connectivity index (χ4v) is 3.83. The monoisotopic (exact) mass is 422 g/mol. The summed E-state index contributed by atoms with van der Waals surface area (Å²) in [7, 11) is 0. The van der Waals surface area contributed by atoms with Crippen LogP contribution in [0, 0.1) is 0 Å². The Morgan fingerprint density at radius 1 is 1.32 bits per heavy atom. The van der Waals surface area contributed by atoms with Gasteiger partial charge >= 0.3 is 6.01 Å². The summed E-state index contributed by atoms with van der Waals surface area (Å²) in [5.41, 5.74) is 3.44. The summed E-state index contributed by atoms with van der Waals surface area (Å²) in [5.74, 6) is 0.946. The second-order valence-corrected chi connectivity index (χ2v) is 8.19. The van der Waals surface area contributed by atoms with Crippen molar-refractivity contribution in [3.05, 3.63) is 47.2 Å². The van der Waals surface area contributed by atoms with Gasteiger partial charge in [-0.1, -0.05) is 45.0 Å². The third-order valence-corrected chi connectivity index (χ3v) is 5.60. The summed E-state index contributed by atoms with van der Waals surface area (Å²) in [5, 5.41) is 11.2. The second kappa shape index (κ2) is 9.43. The molecule has 3 heterocycles. The van der Waals surface area contributed by atoms with Crippen molar-refractivity contribution in [3.63, 3.8) is 0 Å². The Kier molecular flexibility index (Phi) is 6.46. The van der Waals surface area contributed by atoms with Gasteiger partial charge in [-0.3, -0.25) is 4.79 Å². The number of carbonyl (C=O) groups is 1. The first-order valence-corrected chi connectivity index (χ1v) is 11.0. The zero-order valence-electron chi connectivity index (χ0n) is 18.4. The van der Waals surface area contributed by atoms with E-state index >= 15 is 0 Å². The van der Waals surface area contributed by atoms with E-state index in [2.05, 4.69) is 39.5 Å². The van der Waals surface area contributed by atoms with E-state index in [9.17, 15) is 4.79 Å². The van der Waals surface area contributed by atoms with Crippen LogP contribution in [-0.4, -0.2) is 44.6 Å². The normalized spacial score (nSPS) is 16.6. The van der Waals surface area contributed by atoms with Crippen LogP contribution in [0.4, 0.5) is 5.95 Å². The van der Waals surface area contributed by atoms with Gasteiger partial charge in [-0.05, 0) is 30.9 Å². The minimum Gasteiger partial charge on any atom is -0.459 e. The Morgan fingerprint density at radius 3 is 2.90 bits per heavy atom. The molecule has 1 fully saturated rings. The smallest absolute Gasteiger partial charge is 0.322 e. The van der Waals surface area contributed by atoms with Crippen molar-refractivity contribution in [1.82, 2.24) is 24.9 Å². The Bertz CT molecular complexity index is 1060. The molecule has 164 valence electrons. The second-order valence-electron chi connectivity index (χ2n) is 8.19. The van der Waals surface area contributed by atoms with Crippen molar-refractivity contribution in [2.45, 2.75) is 58.6 Å². The molecule has 0 amide bonds. The van der Waals surface area contributed by atoms with Crippen LogP contribution in [0.15, 0.2) is 30.5 Å². The van der Waals surface area contributed by atoms with E-state index in [0.29, 0.717) is 24.9 Å². The van der Waals surface area contributed by atoms with E-state index in [-0.39, 0.29) is 17.8 Å². The average Bonchev–Trinajstić information content (AvgIpc) is 3.22. The van der Waals surface area contributed by atoms with Gasteiger partial charge in [0.2, 0.25) is 5.95 Å². The van der Waals surface area contributed by atoms with Crippen LogP contribution in [0.25, 0.3) is 5.65 Å². The molecule has 2 N–H and O–H groups in total. The number of Topliss-reactive ketones (excluding diaryl/α,β-unsaturated/α-hetero) is 1. The van der Waals surface area contributed by atoms with Crippen molar-refractivity contribution >= 4 is 17.4 Å². The molecule has 1 aliphatic heterocycles. The minimum atomic E-state index is 0.0531. The molecule has 8 heteroatoms. The van der Waals surface area contributed by atoms with Gasteiger partial charge in [-0.15, -0.1) is 0 Å². The summed E-state index contributed by atoms with van der Waals surface area (Å²) in [4.78, 5) is 21.6. The molecular weight excluding hydrogens is 392 g/mol. The number of nitrogens with one attached hydrogen (secondary N) is 2. The summed E-state index contributed by atoms with van der Waals surface area (Å²) < 4.78 is 7.83. The summed E-state index contributed by atoms with van der Waals surface area (Å²) in [6, 6.07) is 8.01. The van der Waals surface area contributed by atoms with Crippen molar-refractivity contribution < 1.29 is 9.53 Å². The van der Waals surface area contributed by atoms with Gasteiger partial charge in [-0.25, -0.2) is 0 Å². The molecular formula is C23H30N6O2. The maximum Gasteiger partial charge on any atom is 0.322 e. The fourth-order valence-electron chi connectivity index (χ4n) is 3.83. The molecule has 1 aromatic carbocycles. The molecule has 0 unspecified atom stereocenters. The number of hydrogen-bond donors (Lipinski definition) is 2. The quantitative estimate of drug-likeness (QED) is 0.536. The van der Waals surface area contributed by atoms with E-state index in [0.717, 1.165) is 48.3 Å². The lowest BCUT2D eigenvalue weighted by Gasteiger charge is -2.23. The van der Waals surface area contributed by atoms with Gasteiger partial charge in [0.05, 0.1) is 6.20 Å². The van der Waals surface area contributed by atoms with E-state index in [1.54, 1.807) is 4.52 Å². The fraction of sp³-hybridized carbons (Fsp3) is 0.478. The maximum absolute atomic E-state index is 12.3. The lowest BCUT2D eigenvalue weighted by Crippen LogP contribution is -2.37. The number of fused-ring (bicyclic) bond motifs is 1. The highest BCUT2D eigenvalue weighted by molar-refractivity contribution is 5.97. The first-order valence-electron chi connectivity index (χ1n) is 11.0. The van der Waals surface area contributed by atoms with Crippen LogP contribution in [0.1, 0.15) is 67.4 Å². The van der Waals surface area contributed by atoms with Gasteiger partial charge in [0.15, 0.2) is 11.4 Å². The zero-order valence-corrected chi connectivity index (χ0v) is 18.4. The number of ether oxygens (including phenoxy) is 1. The molecule has 31 heavy (non-hydrogen) atoms. The lowest BCUT2D eigenvalue weighted by molar-refractivity contribution is 0.0987. The van der Waals surface area contributed by atoms with E-state index < -0.39 is 0 Å². The number of carbonyl (C=O) groups excluding carboxylic acids is 1. The third kappa shape index (κ3) is 4.69. The molecule has 0 saturated carbocycles. The predicted octanol–water partition coefficient (Wildman–Crippen LogP) is 3.58. The Hall–Kier alpha value is -3.00. The molecule has 4 rings (SSSR count). The number of hydrogen-bond acceptors (Lipinski definition) is 7. The molecule has 1 saturated heterocycles. The van der Waals surface area contributed by atoms with E-state index in [4.69, 9.17) is 4.74 Å². The van der Waals surface area contributed by atoms with Crippen LogP contribution in [0.2, 0.25) is 0 Å². The van der Waals surface area contributed by atoms with Crippen molar-refractivity contribution in [3.8, 4) is 6.01 Å². The molecule has 1 aliphatic rings. The van der Waals surface area contributed by atoms with Crippen LogP contribution in [0.5, 0.6) is 6.01 Å². The molecule has 0 bridgehead atoms. The van der Waals surface area contributed by atoms with Gasteiger partial charge in [0.25, 0.3) is 0 Å². The first kappa shape index (κ1) is 21.2. The van der Waals surface area contributed by atoms with Crippen LogP contribution < -0.4 is 15.4 Å². The number of anilines is 1. The topological polar surface area (TPSA) is 93.4 Å². The highest BCUT2D eigenvalue weighted by atomic mass is 16.5. The molecule has 8 nitrogen and oxygen atoms in total.